The molecule has 1 atom stereocenters. The van der Waals surface area contributed by atoms with Gasteiger partial charge in [0.05, 0.1) is 26.2 Å². The van der Waals surface area contributed by atoms with E-state index in [-0.39, 0.29) is 12.5 Å². The van der Waals surface area contributed by atoms with Crippen LogP contribution >= 0.6 is 0 Å². The number of furan rings is 1. The van der Waals surface area contributed by atoms with Gasteiger partial charge in [0.25, 0.3) is 0 Å². The third-order valence-corrected chi connectivity index (χ3v) is 3.34. The first-order chi connectivity index (χ1) is 8.56. The molecule has 2 heterocycles. The Morgan fingerprint density at radius 1 is 1.56 bits per heavy atom. The molecule has 1 aromatic heterocycles. The molecule has 18 heavy (non-hydrogen) atoms. The molecule has 0 aromatic carbocycles. The third-order valence-electron chi connectivity index (χ3n) is 3.34. The summed E-state index contributed by atoms with van der Waals surface area (Å²) in [6, 6.07) is 1.95. The molecular weight excluding hydrogens is 234 g/mol. The van der Waals surface area contributed by atoms with Gasteiger partial charge in [-0.3, -0.25) is 9.69 Å². The van der Waals surface area contributed by atoms with Crippen LogP contribution in [0.15, 0.2) is 10.5 Å². The summed E-state index contributed by atoms with van der Waals surface area (Å²) in [5.41, 5.74) is 1.13. The van der Waals surface area contributed by atoms with Crippen molar-refractivity contribution in [3.8, 4) is 0 Å². The summed E-state index contributed by atoms with van der Waals surface area (Å²) in [6.07, 6.45) is 0.110. The average molecular weight is 253 g/mol. The Balaban J connectivity index is 2.02. The maximum Gasteiger partial charge on any atom is 0.305 e. The summed E-state index contributed by atoms with van der Waals surface area (Å²) in [6.45, 7) is 6.47. The molecule has 0 bridgehead atoms. The van der Waals surface area contributed by atoms with Gasteiger partial charge in [0, 0.05) is 12.6 Å². The normalized spacial score (nSPS) is 21.1. The van der Waals surface area contributed by atoms with Crippen molar-refractivity contribution in [1.82, 2.24) is 4.90 Å². The van der Waals surface area contributed by atoms with Crippen LogP contribution in [-0.4, -0.2) is 41.8 Å². The molecular formula is C13H19NO4. The Morgan fingerprint density at radius 2 is 2.33 bits per heavy atom. The van der Waals surface area contributed by atoms with E-state index in [1.54, 1.807) is 0 Å². The number of nitrogens with zero attached hydrogens (tertiary/aromatic N) is 1. The van der Waals surface area contributed by atoms with Crippen LogP contribution in [0.5, 0.6) is 0 Å². The zero-order chi connectivity index (χ0) is 13.1. The summed E-state index contributed by atoms with van der Waals surface area (Å²) in [7, 11) is 0. The van der Waals surface area contributed by atoms with Gasteiger partial charge in [0.2, 0.25) is 0 Å². The van der Waals surface area contributed by atoms with E-state index in [1.807, 2.05) is 19.9 Å². The molecule has 1 saturated heterocycles. The minimum atomic E-state index is -0.790. The molecule has 0 radical (unpaired) electrons. The second-order valence-electron chi connectivity index (χ2n) is 4.75. The lowest BCUT2D eigenvalue weighted by atomic mass is 10.1. The molecule has 1 aromatic rings. The van der Waals surface area contributed by atoms with Gasteiger partial charge in [-0.15, -0.1) is 0 Å². The predicted octanol–water partition coefficient (Wildman–Crippen LogP) is 1.57. The Labute approximate surface area is 106 Å². The van der Waals surface area contributed by atoms with Gasteiger partial charge in [-0.1, -0.05) is 0 Å². The highest BCUT2D eigenvalue weighted by atomic mass is 16.5. The highest BCUT2D eigenvalue weighted by Crippen LogP contribution is 2.19. The SMILES string of the molecule is Cc1cc(CN2CCOCC2CC(=O)O)oc1C. The van der Waals surface area contributed by atoms with Crippen LogP contribution in [0, 0.1) is 13.8 Å². The molecule has 0 saturated carbocycles. The van der Waals surface area contributed by atoms with Gasteiger partial charge in [-0.25, -0.2) is 0 Å². The molecule has 1 aliphatic heterocycles. The summed E-state index contributed by atoms with van der Waals surface area (Å²) in [5, 5.41) is 8.89. The predicted molar refractivity (Wildman–Crippen MR) is 65.5 cm³/mol. The minimum absolute atomic E-state index is 0.0676. The third kappa shape index (κ3) is 3.11. The molecule has 0 amide bonds. The number of rotatable bonds is 4. The lowest BCUT2D eigenvalue weighted by molar-refractivity contribution is -0.140. The van der Waals surface area contributed by atoms with Crippen molar-refractivity contribution in [2.75, 3.05) is 19.8 Å². The molecule has 0 aliphatic carbocycles. The first-order valence-electron chi connectivity index (χ1n) is 6.15. The van der Waals surface area contributed by atoms with E-state index in [1.165, 1.54) is 0 Å². The number of hydrogen-bond acceptors (Lipinski definition) is 4. The van der Waals surface area contributed by atoms with Crippen LogP contribution in [0.1, 0.15) is 23.5 Å². The number of hydrogen-bond donors (Lipinski definition) is 1. The number of morpholine rings is 1. The molecule has 1 aliphatic rings. The molecule has 100 valence electrons. The highest BCUT2D eigenvalue weighted by molar-refractivity contribution is 5.67. The molecule has 5 heteroatoms. The maximum absolute atomic E-state index is 10.8. The zero-order valence-corrected chi connectivity index (χ0v) is 10.8. The van der Waals surface area contributed by atoms with Crippen molar-refractivity contribution >= 4 is 5.97 Å². The fraction of sp³-hybridized carbons (Fsp3) is 0.615. The highest BCUT2D eigenvalue weighted by Gasteiger charge is 2.26. The summed E-state index contributed by atoms with van der Waals surface area (Å²) < 4.78 is 11.0. The second-order valence-corrected chi connectivity index (χ2v) is 4.75. The topological polar surface area (TPSA) is 62.9 Å². The van der Waals surface area contributed by atoms with Crippen LogP contribution in [0.3, 0.4) is 0 Å². The van der Waals surface area contributed by atoms with E-state index in [0.29, 0.717) is 19.8 Å². The van der Waals surface area contributed by atoms with Gasteiger partial charge in [-0.05, 0) is 25.5 Å². The monoisotopic (exact) mass is 253 g/mol. The van der Waals surface area contributed by atoms with Crippen LogP contribution in [0.2, 0.25) is 0 Å². The van der Waals surface area contributed by atoms with E-state index < -0.39 is 5.97 Å². The van der Waals surface area contributed by atoms with E-state index in [0.717, 1.165) is 23.6 Å². The molecule has 1 unspecified atom stereocenters. The molecule has 5 nitrogen and oxygen atoms in total. The number of carbonyl (C=O) groups is 1. The van der Waals surface area contributed by atoms with E-state index in [2.05, 4.69) is 4.90 Å². The fourth-order valence-corrected chi connectivity index (χ4v) is 2.21. The van der Waals surface area contributed by atoms with Crippen LogP contribution < -0.4 is 0 Å². The molecule has 1 fully saturated rings. The van der Waals surface area contributed by atoms with Gasteiger partial charge in [-0.2, -0.15) is 0 Å². The molecule has 2 rings (SSSR count). The van der Waals surface area contributed by atoms with Crippen molar-refractivity contribution in [3.05, 3.63) is 23.2 Å². The Hall–Kier alpha value is -1.33. The maximum atomic E-state index is 10.8. The van der Waals surface area contributed by atoms with Crippen molar-refractivity contribution in [2.45, 2.75) is 32.9 Å². The van der Waals surface area contributed by atoms with E-state index >= 15 is 0 Å². The first kappa shape index (κ1) is 13.1. The quantitative estimate of drug-likeness (QED) is 0.882. The standard InChI is InChI=1S/C13H19NO4/c1-9-5-12(18-10(9)2)7-14-3-4-17-8-11(14)6-13(15)16/h5,11H,3-4,6-8H2,1-2H3,(H,15,16). The van der Waals surface area contributed by atoms with Crippen molar-refractivity contribution in [3.63, 3.8) is 0 Å². The zero-order valence-electron chi connectivity index (χ0n) is 10.8. The second kappa shape index (κ2) is 5.54. The van der Waals surface area contributed by atoms with Crippen LogP contribution in [0.4, 0.5) is 0 Å². The molecule has 1 N–H and O–H groups in total. The Morgan fingerprint density at radius 3 is 2.94 bits per heavy atom. The summed E-state index contributed by atoms with van der Waals surface area (Å²) in [5.74, 6) is 1.03. The van der Waals surface area contributed by atoms with Crippen molar-refractivity contribution in [2.24, 2.45) is 0 Å². The van der Waals surface area contributed by atoms with Crippen LogP contribution in [-0.2, 0) is 16.1 Å². The van der Waals surface area contributed by atoms with E-state index in [9.17, 15) is 4.79 Å². The van der Waals surface area contributed by atoms with Gasteiger partial charge >= 0.3 is 5.97 Å². The average Bonchev–Trinajstić information content (AvgIpc) is 2.60. The number of carboxylic acids is 1. The summed E-state index contributed by atoms with van der Waals surface area (Å²) >= 11 is 0. The first-order valence-corrected chi connectivity index (χ1v) is 6.15. The lowest BCUT2D eigenvalue weighted by Gasteiger charge is -2.34. The van der Waals surface area contributed by atoms with Crippen LogP contribution in [0.25, 0.3) is 0 Å². The van der Waals surface area contributed by atoms with Crippen molar-refractivity contribution < 1.29 is 19.1 Å². The number of carboxylic acid groups (broad SMARTS) is 1. The van der Waals surface area contributed by atoms with Crippen molar-refractivity contribution in [1.29, 1.82) is 0 Å². The van der Waals surface area contributed by atoms with Gasteiger partial charge in [0.15, 0.2) is 0 Å². The fourth-order valence-electron chi connectivity index (χ4n) is 2.21. The van der Waals surface area contributed by atoms with Gasteiger partial charge < -0.3 is 14.3 Å². The number of aliphatic carboxylic acids is 1. The number of aryl methyl sites for hydroxylation is 2. The summed E-state index contributed by atoms with van der Waals surface area (Å²) in [4.78, 5) is 12.9. The van der Waals surface area contributed by atoms with Gasteiger partial charge in [0.1, 0.15) is 11.5 Å². The van der Waals surface area contributed by atoms with E-state index in [4.69, 9.17) is 14.3 Å². The molecule has 0 spiro atoms. The lowest BCUT2D eigenvalue weighted by Crippen LogP contribution is -2.45. The number of ether oxygens (including phenoxy) is 1. The smallest absolute Gasteiger partial charge is 0.305 e. The Bertz CT molecular complexity index is 407. The minimum Gasteiger partial charge on any atom is -0.481 e. The Kier molecular flexibility index (Phi) is 4.04. The largest absolute Gasteiger partial charge is 0.481 e.